The molecule has 31 heavy (non-hydrogen) atoms. The van der Waals surface area contributed by atoms with Gasteiger partial charge in [-0.1, -0.05) is 49.2 Å². The predicted molar refractivity (Wildman–Crippen MR) is 119 cm³/mol. The maximum Gasteiger partial charge on any atom is 0.293 e. The number of carbonyl (C=O) groups is 1. The van der Waals surface area contributed by atoms with Crippen LogP contribution in [0.25, 0.3) is 0 Å². The van der Waals surface area contributed by atoms with Gasteiger partial charge in [-0.15, -0.1) is 0 Å². The second-order valence-electron chi connectivity index (χ2n) is 9.05. The summed E-state index contributed by atoms with van der Waals surface area (Å²) in [5, 5.41) is 0. The van der Waals surface area contributed by atoms with E-state index in [9.17, 15) is 4.79 Å². The third-order valence-electron chi connectivity index (χ3n) is 7.19. The third-order valence-corrected chi connectivity index (χ3v) is 7.19. The van der Waals surface area contributed by atoms with Crippen molar-refractivity contribution in [1.29, 1.82) is 0 Å². The summed E-state index contributed by atoms with van der Waals surface area (Å²) in [5.74, 6) is -1.31. The Morgan fingerprint density at radius 1 is 0.839 bits per heavy atom. The quantitative estimate of drug-likeness (QED) is 0.764. The van der Waals surface area contributed by atoms with Crippen LogP contribution in [0.15, 0.2) is 54.6 Å². The summed E-state index contributed by atoms with van der Waals surface area (Å²) < 4.78 is 12.8. The fourth-order valence-electron chi connectivity index (χ4n) is 5.53. The Balaban J connectivity index is 1.20. The van der Waals surface area contributed by atoms with Gasteiger partial charge < -0.3 is 14.4 Å². The SMILES string of the molecule is O=C1N(CN2CCN(c3ccccc3)CC2)c2ccccc2C12O[C@@H]1CCCC[C@H]1O2. The van der Waals surface area contributed by atoms with Crippen LogP contribution in [0.2, 0.25) is 0 Å². The molecule has 1 spiro atoms. The largest absolute Gasteiger partial charge is 0.369 e. The van der Waals surface area contributed by atoms with E-state index in [1.807, 2.05) is 29.2 Å². The van der Waals surface area contributed by atoms with Gasteiger partial charge in [0.1, 0.15) is 0 Å². The number of hydrogen-bond donors (Lipinski definition) is 0. The number of nitrogens with zero attached hydrogens (tertiary/aromatic N) is 3. The Kier molecular flexibility index (Phi) is 4.74. The number of ether oxygens (including phenoxy) is 2. The number of carbonyl (C=O) groups excluding carboxylic acids is 1. The Morgan fingerprint density at radius 2 is 1.48 bits per heavy atom. The van der Waals surface area contributed by atoms with Crippen molar-refractivity contribution in [3.8, 4) is 0 Å². The van der Waals surface area contributed by atoms with Crippen LogP contribution in [0, 0.1) is 0 Å². The van der Waals surface area contributed by atoms with Gasteiger partial charge in [-0.25, -0.2) is 0 Å². The average Bonchev–Trinajstić information content (AvgIpc) is 3.33. The highest BCUT2D eigenvalue weighted by Gasteiger charge is 2.61. The van der Waals surface area contributed by atoms with Crippen LogP contribution < -0.4 is 9.80 Å². The summed E-state index contributed by atoms with van der Waals surface area (Å²) in [6.45, 7) is 4.32. The molecule has 2 aromatic carbocycles. The van der Waals surface area contributed by atoms with Gasteiger partial charge in [0.2, 0.25) is 0 Å². The van der Waals surface area contributed by atoms with Gasteiger partial charge in [0.05, 0.1) is 24.6 Å². The predicted octanol–water partition coefficient (Wildman–Crippen LogP) is 3.32. The summed E-state index contributed by atoms with van der Waals surface area (Å²) in [5.41, 5.74) is 3.06. The molecule has 0 N–H and O–H groups in total. The molecule has 2 atom stereocenters. The highest BCUT2D eigenvalue weighted by atomic mass is 16.8. The molecule has 0 radical (unpaired) electrons. The van der Waals surface area contributed by atoms with Gasteiger partial charge in [0.15, 0.2) is 0 Å². The van der Waals surface area contributed by atoms with Crippen molar-refractivity contribution in [2.24, 2.45) is 0 Å². The second kappa shape index (κ2) is 7.62. The van der Waals surface area contributed by atoms with Crippen LogP contribution in [0.4, 0.5) is 11.4 Å². The molecule has 0 bridgehead atoms. The minimum absolute atomic E-state index is 0.0279. The number of amides is 1. The molecule has 1 aliphatic carbocycles. The zero-order chi connectivity index (χ0) is 20.8. The zero-order valence-electron chi connectivity index (χ0n) is 17.8. The number of hydrogen-bond acceptors (Lipinski definition) is 5. The Bertz CT molecular complexity index is 943. The first kappa shape index (κ1) is 19.3. The van der Waals surface area contributed by atoms with E-state index in [1.165, 1.54) is 5.69 Å². The highest BCUT2D eigenvalue weighted by Crippen LogP contribution is 2.51. The van der Waals surface area contributed by atoms with E-state index in [2.05, 4.69) is 40.1 Å². The normalized spacial score (nSPS) is 27.5. The van der Waals surface area contributed by atoms with Gasteiger partial charge in [-0.3, -0.25) is 14.6 Å². The minimum atomic E-state index is -1.25. The van der Waals surface area contributed by atoms with E-state index in [0.29, 0.717) is 6.67 Å². The number of fused-ring (bicyclic) bond motifs is 3. The monoisotopic (exact) mass is 419 g/mol. The maximum absolute atomic E-state index is 13.7. The van der Waals surface area contributed by atoms with Crippen molar-refractivity contribution < 1.29 is 14.3 Å². The molecule has 1 amide bonds. The summed E-state index contributed by atoms with van der Waals surface area (Å²) in [6, 6.07) is 18.5. The third kappa shape index (κ3) is 3.16. The minimum Gasteiger partial charge on any atom is -0.369 e. The maximum atomic E-state index is 13.7. The van der Waals surface area contributed by atoms with Crippen LogP contribution in [0.3, 0.4) is 0 Å². The lowest BCUT2D eigenvalue weighted by atomic mass is 9.95. The van der Waals surface area contributed by atoms with Gasteiger partial charge >= 0.3 is 0 Å². The molecular weight excluding hydrogens is 390 g/mol. The van der Waals surface area contributed by atoms with Crippen molar-refractivity contribution >= 4 is 17.3 Å². The number of piperazine rings is 1. The molecule has 2 aromatic rings. The summed E-state index contributed by atoms with van der Waals surface area (Å²) in [4.78, 5) is 20.4. The van der Waals surface area contributed by atoms with E-state index in [0.717, 1.165) is 63.1 Å². The van der Waals surface area contributed by atoms with Gasteiger partial charge in [-0.05, 0) is 31.0 Å². The van der Waals surface area contributed by atoms with E-state index < -0.39 is 5.79 Å². The summed E-state index contributed by atoms with van der Waals surface area (Å²) in [6.07, 6.45) is 4.30. The smallest absolute Gasteiger partial charge is 0.293 e. The number of rotatable bonds is 3. The summed E-state index contributed by atoms with van der Waals surface area (Å²) in [7, 11) is 0. The molecule has 6 heteroatoms. The first-order valence-electron chi connectivity index (χ1n) is 11.5. The number of anilines is 2. The average molecular weight is 420 g/mol. The molecule has 6 nitrogen and oxygen atoms in total. The van der Waals surface area contributed by atoms with Gasteiger partial charge in [0, 0.05) is 37.4 Å². The lowest BCUT2D eigenvalue weighted by Crippen LogP contribution is -2.52. The van der Waals surface area contributed by atoms with Crippen LogP contribution in [0.1, 0.15) is 31.2 Å². The molecule has 2 saturated heterocycles. The molecule has 0 aromatic heterocycles. The van der Waals surface area contributed by atoms with Crippen molar-refractivity contribution in [2.75, 3.05) is 42.6 Å². The Labute approximate surface area is 183 Å². The van der Waals surface area contributed by atoms with Crippen molar-refractivity contribution in [1.82, 2.24) is 4.90 Å². The van der Waals surface area contributed by atoms with Crippen LogP contribution in [-0.4, -0.2) is 55.9 Å². The molecule has 3 aliphatic heterocycles. The van der Waals surface area contributed by atoms with Crippen LogP contribution in [-0.2, 0) is 20.1 Å². The van der Waals surface area contributed by atoms with Crippen molar-refractivity contribution in [3.63, 3.8) is 0 Å². The number of benzene rings is 2. The fraction of sp³-hybridized carbons (Fsp3) is 0.480. The Hall–Kier alpha value is -2.41. The lowest BCUT2D eigenvalue weighted by molar-refractivity contribution is -0.190. The molecule has 1 saturated carbocycles. The molecule has 4 aliphatic rings. The van der Waals surface area contributed by atoms with Crippen LogP contribution in [0.5, 0.6) is 0 Å². The van der Waals surface area contributed by atoms with Gasteiger partial charge in [-0.2, -0.15) is 0 Å². The number of para-hydroxylation sites is 2. The topological polar surface area (TPSA) is 45.3 Å². The molecule has 6 rings (SSSR count). The fourth-order valence-corrected chi connectivity index (χ4v) is 5.53. The van der Waals surface area contributed by atoms with Gasteiger partial charge in [0.25, 0.3) is 11.7 Å². The molecule has 162 valence electrons. The molecule has 3 fully saturated rings. The standard InChI is InChI=1S/C25H29N3O3/c29-24-25(30-22-12-6-7-13-23(22)31-25)20-10-4-5-11-21(20)28(24)18-26-14-16-27(17-15-26)19-8-2-1-3-9-19/h1-5,8-11,22-23H,6-7,12-18H2/t22-,23-/m1/s1. The molecular formula is C25H29N3O3. The lowest BCUT2D eigenvalue weighted by Gasteiger charge is -2.38. The van der Waals surface area contributed by atoms with Crippen LogP contribution >= 0.6 is 0 Å². The summed E-state index contributed by atoms with van der Waals surface area (Å²) >= 11 is 0. The van der Waals surface area contributed by atoms with E-state index in [4.69, 9.17) is 9.47 Å². The first-order chi connectivity index (χ1) is 15.2. The van der Waals surface area contributed by atoms with Crippen molar-refractivity contribution in [3.05, 3.63) is 60.2 Å². The molecule has 3 heterocycles. The zero-order valence-corrected chi connectivity index (χ0v) is 17.8. The van der Waals surface area contributed by atoms with E-state index >= 15 is 0 Å². The second-order valence-corrected chi connectivity index (χ2v) is 9.05. The first-order valence-corrected chi connectivity index (χ1v) is 11.5. The Morgan fingerprint density at radius 3 is 2.19 bits per heavy atom. The van der Waals surface area contributed by atoms with Crippen molar-refractivity contribution in [2.45, 2.75) is 43.7 Å². The highest BCUT2D eigenvalue weighted by molar-refractivity contribution is 6.06. The molecule has 0 unspecified atom stereocenters. The van der Waals surface area contributed by atoms with E-state index in [-0.39, 0.29) is 18.1 Å². The van der Waals surface area contributed by atoms with E-state index in [1.54, 1.807) is 0 Å².